The summed E-state index contributed by atoms with van der Waals surface area (Å²) in [5.74, 6) is 8.84. The molecule has 0 saturated heterocycles. The Kier molecular flexibility index (Phi) is 0.609. The van der Waals surface area contributed by atoms with Gasteiger partial charge in [0.15, 0.2) is 0 Å². The standard InChI is InChI=1S/C11H15N/c12-11-8-4-2-5-7-3(4)1-6(8)9(7)10(5)11/h3-11H,1-2,12H2/t3-,4+,5+,6+,7+,8-,9+,10-,11+/m0/s1. The lowest BCUT2D eigenvalue weighted by Crippen LogP contribution is -2.49. The molecular formula is C11H15N. The summed E-state index contributed by atoms with van der Waals surface area (Å²) in [7, 11) is 0. The van der Waals surface area contributed by atoms with Gasteiger partial charge in [-0.05, 0) is 60.2 Å². The van der Waals surface area contributed by atoms with Gasteiger partial charge in [0.25, 0.3) is 0 Å². The first-order valence-corrected chi connectivity index (χ1v) is 5.63. The summed E-state index contributed by atoms with van der Waals surface area (Å²) in [4.78, 5) is 0. The molecule has 5 aliphatic rings. The average molecular weight is 161 g/mol. The molecule has 0 radical (unpaired) electrons. The molecule has 9 atom stereocenters. The van der Waals surface area contributed by atoms with Gasteiger partial charge in [0.2, 0.25) is 0 Å². The van der Waals surface area contributed by atoms with Crippen LogP contribution >= 0.6 is 0 Å². The predicted molar refractivity (Wildman–Crippen MR) is 45.1 cm³/mol. The molecule has 0 spiro atoms. The number of fused-ring (bicyclic) bond motifs is 2. The second-order valence-corrected chi connectivity index (χ2v) is 6.01. The van der Waals surface area contributed by atoms with Crippen molar-refractivity contribution >= 4 is 0 Å². The minimum atomic E-state index is 0.646. The second-order valence-electron chi connectivity index (χ2n) is 6.01. The molecule has 0 unspecified atom stereocenters. The molecule has 5 fully saturated rings. The number of nitrogens with two attached hydrogens (primary N) is 1. The molecule has 1 nitrogen and oxygen atoms in total. The fourth-order valence-electron chi connectivity index (χ4n) is 6.55. The van der Waals surface area contributed by atoms with Gasteiger partial charge >= 0.3 is 0 Å². The molecular weight excluding hydrogens is 146 g/mol. The smallest absolute Gasteiger partial charge is 0.0107 e. The van der Waals surface area contributed by atoms with E-state index in [4.69, 9.17) is 5.73 Å². The highest BCUT2D eigenvalue weighted by atomic mass is 14.9. The van der Waals surface area contributed by atoms with Crippen LogP contribution in [0.2, 0.25) is 0 Å². The van der Waals surface area contributed by atoms with E-state index in [1.54, 1.807) is 12.8 Å². The highest BCUT2D eigenvalue weighted by Crippen LogP contribution is 2.82. The summed E-state index contributed by atoms with van der Waals surface area (Å²) in [6, 6.07) is 0.646. The molecule has 0 aliphatic heterocycles. The minimum absolute atomic E-state index is 0.646. The molecule has 0 aromatic heterocycles. The maximum Gasteiger partial charge on any atom is 0.0107 e. The topological polar surface area (TPSA) is 26.0 Å². The van der Waals surface area contributed by atoms with E-state index in [9.17, 15) is 0 Å². The molecule has 5 rings (SSSR count). The first-order valence-electron chi connectivity index (χ1n) is 5.63. The molecule has 64 valence electrons. The highest BCUT2D eigenvalue weighted by Gasteiger charge is 2.79. The number of rotatable bonds is 0. The molecule has 2 N–H and O–H groups in total. The minimum Gasteiger partial charge on any atom is -0.327 e. The van der Waals surface area contributed by atoms with Crippen LogP contribution in [0, 0.1) is 47.3 Å². The van der Waals surface area contributed by atoms with Crippen LogP contribution in [0.1, 0.15) is 12.8 Å². The summed E-state index contributed by atoms with van der Waals surface area (Å²) in [5.41, 5.74) is 6.34. The Labute approximate surface area is 72.7 Å². The van der Waals surface area contributed by atoms with Gasteiger partial charge in [0.05, 0.1) is 0 Å². The molecule has 0 aromatic carbocycles. The Morgan fingerprint density at radius 2 is 1.33 bits per heavy atom. The van der Waals surface area contributed by atoms with E-state index >= 15 is 0 Å². The normalized spacial score (nSPS) is 85.2. The average Bonchev–Trinajstić information content (AvgIpc) is 2.47. The predicted octanol–water partition coefficient (Wildman–Crippen LogP) is 1.09. The largest absolute Gasteiger partial charge is 0.327 e. The third-order valence-corrected chi connectivity index (χ3v) is 6.38. The van der Waals surface area contributed by atoms with Crippen LogP contribution in [0.15, 0.2) is 0 Å². The molecule has 0 amide bonds. The summed E-state index contributed by atoms with van der Waals surface area (Å²) in [6.07, 6.45) is 3.18. The van der Waals surface area contributed by atoms with Crippen LogP contribution in [0.3, 0.4) is 0 Å². The number of hydrogen-bond acceptors (Lipinski definition) is 1. The van der Waals surface area contributed by atoms with Crippen molar-refractivity contribution in [3.63, 3.8) is 0 Å². The maximum atomic E-state index is 6.34. The first kappa shape index (κ1) is 5.64. The van der Waals surface area contributed by atoms with E-state index < -0.39 is 0 Å². The van der Waals surface area contributed by atoms with E-state index in [1.807, 2.05) is 0 Å². The fourth-order valence-corrected chi connectivity index (χ4v) is 6.55. The maximum absolute atomic E-state index is 6.34. The van der Waals surface area contributed by atoms with Gasteiger partial charge in [-0.2, -0.15) is 0 Å². The van der Waals surface area contributed by atoms with Crippen LogP contribution < -0.4 is 5.73 Å². The quantitative estimate of drug-likeness (QED) is 0.565. The molecule has 1 heteroatoms. The van der Waals surface area contributed by atoms with Crippen molar-refractivity contribution < 1.29 is 0 Å². The van der Waals surface area contributed by atoms with Gasteiger partial charge in [-0.25, -0.2) is 0 Å². The van der Waals surface area contributed by atoms with Gasteiger partial charge in [0.1, 0.15) is 0 Å². The summed E-state index contributed by atoms with van der Waals surface area (Å²) in [5, 5.41) is 0. The molecule has 5 aliphatic carbocycles. The summed E-state index contributed by atoms with van der Waals surface area (Å²) >= 11 is 0. The fraction of sp³-hybridized carbons (Fsp3) is 1.00. The monoisotopic (exact) mass is 161 g/mol. The van der Waals surface area contributed by atoms with Crippen molar-refractivity contribution in [2.75, 3.05) is 0 Å². The highest BCUT2D eigenvalue weighted by molar-refractivity contribution is 5.28. The van der Waals surface area contributed by atoms with Gasteiger partial charge in [-0.15, -0.1) is 0 Å². The van der Waals surface area contributed by atoms with Crippen LogP contribution in [0.5, 0.6) is 0 Å². The lowest BCUT2D eigenvalue weighted by molar-refractivity contribution is 0.0167. The van der Waals surface area contributed by atoms with Crippen LogP contribution in [0.4, 0.5) is 0 Å². The molecule has 2 bridgehead atoms. The Hall–Kier alpha value is -0.0400. The van der Waals surface area contributed by atoms with Gasteiger partial charge in [-0.3, -0.25) is 0 Å². The van der Waals surface area contributed by atoms with E-state index in [0.717, 1.165) is 35.5 Å². The molecule has 5 saturated carbocycles. The van der Waals surface area contributed by atoms with E-state index in [2.05, 4.69) is 0 Å². The van der Waals surface area contributed by atoms with Crippen molar-refractivity contribution in [3.05, 3.63) is 0 Å². The lowest BCUT2D eigenvalue weighted by atomic mass is 9.59. The molecule has 0 aromatic rings. The van der Waals surface area contributed by atoms with Gasteiger partial charge in [0, 0.05) is 6.04 Å². The van der Waals surface area contributed by atoms with Crippen molar-refractivity contribution in [2.24, 2.45) is 53.1 Å². The number of hydrogen-bond donors (Lipinski definition) is 1. The van der Waals surface area contributed by atoms with Crippen LogP contribution in [-0.2, 0) is 0 Å². The van der Waals surface area contributed by atoms with E-state index in [-0.39, 0.29) is 0 Å². The zero-order valence-electron chi connectivity index (χ0n) is 7.19. The van der Waals surface area contributed by atoms with Crippen molar-refractivity contribution in [3.8, 4) is 0 Å². The second kappa shape index (κ2) is 1.30. The Balaban J connectivity index is 1.86. The molecule has 0 heterocycles. The SMILES string of the molecule is N[C@@H]1[C@H]2[C@@H]3C[C@@H]4[C@H]5[C@H]3C[C@H]2[C@H]5[C@@H]14. The lowest BCUT2D eigenvalue weighted by Gasteiger charge is -2.47. The Bertz CT molecular complexity index is 277. The third kappa shape index (κ3) is 0.296. The first-order chi connectivity index (χ1) is 5.88. The van der Waals surface area contributed by atoms with Crippen LogP contribution in [-0.4, -0.2) is 6.04 Å². The third-order valence-electron chi connectivity index (χ3n) is 6.38. The Morgan fingerprint density at radius 1 is 0.667 bits per heavy atom. The van der Waals surface area contributed by atoms with E-state index in [0.29, 0.717) is 6.04 Å². The van der Waals surface area contributed by atoms with Gasteiger partial charge in [-0.1, -0.05) is 0 Å². The van der Waals surface area contributed by atoms with Crippen molar-refractivity contribution in [2.45, 2.75) is 18.9 Å². The van der Waals surface area contributed by atoms with Crippen LogP contribution in [0.25, 0.3) is 0 Å². The Morgan fingerprint density at radius 3 is 2.17 bits per heavy atom. The van der Waals surface area contributed by atoms with Crippen molar-refractivity contribution in [1.29, 1.82) is 0 Å². The summed E-state index contributed by atoms with van der Waals surface area (Å²) < 4.78 is 0. The molecule has 12 heavy (non-hydrogen) atoms. The van der Waals surface area contributed by atoms with Crippen molar-refractivity contribution in [1.82, 2.24) is 0 Å². The summed E-state index contributed by atoms with van der Waals surface area (Å²) in [6.45, 7) is 0. The van der Waals surface area contributed by atoms with E-state index in [1.165, 1.54) is 11.8 Å². The van der Waals surface area contributed by atoms with Gasteiger partial charge < -0.3 is 5.73 Å². The zero-order valence-corrected chi connectivity index (χ0v) is 7.19. The zero-order chi connectivity index (χ0) is 7.61.